The summed E-state index contributed by atoms with van der Waals surface area (Å²) in [5.41, 5.74) is 1.56. The van der Waals surface area contributed by atoms with Crippen LogP contribution in [0, 0.1) is 5.41 Å². The molecule has 1 nitrogen and oxygen atoms in total. The van der Waals surface area contributed by atoms with Crippen molar-refractivity contribution in [1.29, 1.82) is 0 Å². The van der Waals surface area contributed by atoms with E-state index in [0.717, 1.165) is 0 Å². The van der Waals surface area contributed by atoms with E-state index in [0.29, 0.717) is 0 Å². The molecule has 0 aliphatic carbocycles. The second-order valence-electron chi connectivity index (χ2n) is 6.49. The summed E-state index contributed by atoms with van der Waals surface area (Å²) in [6.45, 7) is 14.6. The Hall–Kier alpha value is -1.11. The van der Waals surface area contributed by atoms with E-state index in [4.69, 9.17) is 0 Å². The summed E-state index contributed by atoms with van der Waals surface area (Å²) in [5.74, 6) is 0. The fourth-order valence-corrected chi connectivity index (χ4v) is 3.00. The lowest BCUT2D eigenvalue weighted by atomic mass is 9.73. The van der Waals surface area contributed by atoms with Crippen LogP contribution >= 0.6 is 0 Å². The Bertz CT molecular complexity index is 337. The first-order chi connectivity index (χ1) is 10.6. The van der Waals surface area contributed by atoms with E-state index in [2.05, 4.69) is 45.0 Å². The molecule has 0 fully saturated rings. The molecule has 0 spiro atoms. The summed E-state index contributed by atoms with van der Waals surface area (Å²) in [7, 11) is 0. The van der Waals surface area contributed by atoms with Crippen LogP contribution in [0.25, 0.3) is 0 Å². The summed E-state index contributed by atoms with van der Waals surface area (Å²) >= 11 is 0. The molecule has 0 bridgehead atoms. The maximum absolute atomic E-state index is 4.11. The van der Waals surface area contributed by atoms with E-state index < -0.39 is 0 Å². The van der Waals surface area contributed by atoms with Gasteiger partial charge < -0.3 is 0 Å². The van der Waals surface area contributed by atoms with Crippen LogP contribution in [-0.2, 0) is 0 Å². The van der Waals surface area contributed by atoms with Gasteiger partial charge in [0.1, 0.15) is 0 Å². The monoisotopic (exact) mass is 303 g/mol. The summed E-state index contributed by atoms with van der Waals surface area (Å²) in [5, 5.41) is 0. The number of nitrogens with zero attached hydrogens (tertiary/aromatic N) is 1. The Labute approximate surface area is 139 Å². The zero-order chi connectivity index (χ0) is 16.7. The zero-order valence-corrected chi connectivity index (χ0v) is 15.2. The lowest BCUT2D eigenvalue weighted by Crippen LogP contribution is -2.19. The molecule has 126 valence electrons. The van der Waals surface area contributed by atoms with Crippen LogP contribution in [0.4, 0.5) is 0 Å². The van der Waals surface area contributed by atoms with Gasteiger partial charge in [-0.25, -0.2) is 0 Å². The molecule has 0 saturated heterocycles. The molecular weight excluding hydrogens is 266 g/mol. The second-order valence-corrected chi connectivity index (χ2v) is 6.49. The maximum Gasteiger partial charge on any atom is 0.0270 e. The van der Waals surface area contributed by atoms with Crippen molar-refractivity contribution >= 4 is 6.21 Å². The van der Waals surface area contributed by atoms with Crippen molar-refractivity contribution in [3.05, 3.63) is 37.1 Å². The highest BCUT2D eigenvalue weighted by molar-refractivity contribution is 5.73. The Balaban J connectivity index is 4.84. The molecule has 0 aliphatic heterocycles. The van der Waals surface area contributed by atoms with Gasteiger partial charge in [-0.05, 0) is 29.9 Å². The van der Waals surface area contributed by atoms with Crippen molar-refractivity contribution < 1.29 is 0 Å². The van der Waals surface area contributed by atoms with Gasteiger partial charge in [-0.1, -0.05) is 91.4 Å². The lowest BCUT2D eigenvalue weighted by Gasteiger charge is -2.31. The van der Waals surface area contributed by atoms with Crippen molar-refractivity contribution in [2.45, 2.75) is 85.0 Å². The third-order valence-corrected chi connectivity index (χ3v) is 4.53. The van der Waals surface area contributed by atoms with Gasteiger partial charge >= 0.3 is 0 Å². The molecule has 1 heteroatoms. The van der Waals surface area contributed by atoms with Crippen molar-refractivity contribution in [3.63, 3.8) is 0 Å². The quantitative estimate of drug-likeness (QED) is 0.182. The highest BCUT2D eigenvalue weighted by atomic mass is 14.6. The highest BCUT2D eigenvalue weighted by Gasteiger charge is 2.26. The Morgan fingerprint density at radius 1 is 0.909 bits per heavy atom. The van der Waals surface area contributed by atoms with Gasteiger partial charge in [-0.15, -0.1) is 0 Å². The molecule has 0 aromatic carbocycles. The summed E-state index contributed by atoms with van der Waals surface area (Å²) < 4.78 is 0. The standard InChI is InChI=1S/C21H37N/c1-6-10-12-14-17-21(5,18-15-13-11-7-2)20(8-3)16-19-22-9-4/h8-9,16,19H,3-4,6-7,10-15,17-18H2,1-2,5H3/b20-16+,22-19-. The van der Waals surface area contributed by atoms with Crippen molar-refractivity contribution in [1.82, 2.24) is 0 Å². The van der Waals surface area contributed by atoms with Gasteiger partial charge in [-0.2, -0.15) is 0 Å². The first kappa shape index (κ1) is 20.9. The number of unbranched alkanes of at least 4 members (excludes halogenated alkanes) is 6. The Kier molecular flexibility index (Phi) is 12.9. The fraction of sp³-hybridized carbons (Fsp3) is 0.667. The van der Waals surface area contributed by atoms with Gasteiger partial charge in [0.05, 0.1) is 0 Å². The van der Waals surface area contributed by atoms with Crippen molar-refractivity contribution in [3.8, 4) is 0 Å². The average Bonchev–Trinajstić information content (AvgIpc) is 2.52. The van der Waals surface area contributed by atoms with Crippen LogP contribution in [0.3, 0.4) is 0 Å². The number of rotatable bonds is 14. The molecule has 0 aliphatic rings. The largest absolute Gasteiger partial charge is 0.265 e. The first-order valence-corrected chi connectivity index (χ1v) is 9.11. The molecule has 0 saturated carbocycles. The SMILES string of the molecule is C=C/N=C\C=C(/C=C)C(C)(CCCCCC)CCCCCC. The number of allylic oxidation sites excluding steroid dienone is 3. The minimum atomic E-state index is 0.233. The van der Waals surface area contributed by atoms with Crippen LogP contribution in [0.1, 0.15) is 85.0 Å². The van der Waals surface area contributed by atoms with Crippen LogP contribution < -0.4 is 0 Å². The molecule has 0 N–H and O–H groups in total. The van der Waals surface area contributed by atoms with Crippen molar-refractivity contribution in [2.24, 2.45) is 10.4 Å². The minimum Gasteiger partial charge on any atom is -0.265 e. The topological polar surface area (TPSA) is 12.4 Å². The molecule has 0 radical (unpaired) electrons. The van der Waals surface area contributed by atoms with Gasteiger partial charge in [-0.3, -0.25) is 4.99 Å². The van der Waals surface area contributed by atoms with E-state index in [-0.39, 0.29) is 5.41 Å². The maximum atomic E-state index is 4.11. The van der Waals surface area contributed by atoms with Gasteiger partial charge in [0.15, 0.2) is 0 Å². The molecule has 0 amide bonds. The highest BCUT2D eigenvalue weighted by Crippen LogP contribution is 2.39. The third kappa shape index (κ3) is 9.02. The zero-order valence-electron chi connectivity index (χ0n) is 15.2. The predicted octanol–water partition coefficient (Wildman–Crippen LogP) is 7.26. The van der Waals surface area contributed by atoms with E-state index in [9.17, 15) is 0 Å². The lowest BCUT2D eigenvalue weighted by molar-refractivity contribution is 0.314. The third-order valence-electron chi connectivity index (χ3n) is 4.53. The minimum absolute atomic E-state index is 0.233. The van der Waals surface area contributed by atoms with E-state index in [1.54, 1.807) is 6.20 Å². The number of aliphatic imine (C=N–C) groups is 1. The fourth-order valence-electron chi connectivity index (χ4n) is 3.00. The molecule has 0 heterocycles. The Morgan fingerprint density at radius 2 is 1.45 bits per heavy atom. The predicted molar refractivity (Wildman–Crippen MR) is 103 cm³/mol. The average molecular weight is 304 g/mol. The van der Waals surface area contributed by atoms with Gasteiger partial charge in [0.25, 0.3) is 0 Å². The molecule has 0 atom stereocenters. The van der Waals surface area contributed by atoms with Gasteiger partial charge in [0, 0.05) is 12.4 Å². The van der Waals surface area contributed by atoms with Crippen LogP contribution in [-0.4, -0.2) is 6.21 Å². The molecule has 0 aromatic heterocycles. The molecular formula is C21H37N. The number of hydrogen-bond donors (Lipinski definition) is 0. The normalized spacial score (nSPS) is 12.8. The first-order valence-electron chi connectivity index (χ1n) is 9.11. The van der Waals surface area contributed by atoms with E-state index in [1.807, 2.05) is 12.3 Å². The van der Waals surface area contributed by atoms with Crippen LogP contribution in [0.15, 0.2) is 42.1 Å². The summed E-state index contributed by atoms with van der Waals surface area (Å²) in [6.07, 6.45) is 20.6. The second kappa shape index (κ2) is 13.5. The van der Waals surface area contributed by atoms with E-state index in [1.165, 1.54) is 69.8 Å². The molecule has 0 rings (SSSR count). The molecule has 0 aromatic rings. The molecule has 0 unspecified atom stereocenters. The number of hydrogen-bond acceptors (Lipinski definition) is 1. The smallest absolute Gasteiger partial charge is 0.0270 e. The summed E-state index contributed by atoms with van der Waals surface area (Å²) in [4.78, 5) is 4.11. The Morgan fingerprint density at radius 3 is 1.86 bits per heavy atom. The van der Waals surface area contributed by atoms with Crippen LogP contribution in [0.5, 0.6) is 0 Å². The summed E-state index contributed by atoms with van der Waals surface area (Å²) in [6, 6.07) is 0. The van der Waals surface area contributed by atoms with E-state index >= 15 is 0 Å². The molecule has 22 heavy (non-hydrogen) atoms. The van der Waals surface area contributed by atoms with Gasteiger partial charge in [0.2, 0.25) is 0 Å². The van der Waals surface area contributed by atoms with Crippen molar-refractivity contribution in [2.75, 3.05) is 0 Å². The van der Waals surface area contributed by atoms with Crippen LogP contribution in [0.2, 0.25) is 0 Å².